The molecular weight excluding hydrogens is 373 g/mol. The second-order valence-corrected chi connectivity index (χ2v) is 6.05. The van der Waals surface area contributed by atoms with Gasteiger partial charge in [0.1, 0.15) is 12.3 Å². The van der Waals surface area contributed by atoms with Crippen LogP contribution in [0.5, 0.6) is 5.75 Å². The van der Waals surface area contributed by atoms with E-state index in [9.17, 15) is 22.8 Å². The zero-order chi connectivity index (χ0) is 20.7. The molecule has 0 heterocycles. The van der Waals surface area contributed by atoms with Gasteiger partial charge in [0, 0.05) is 12.1 Å². The summed E-state index contributed by atoms with van der Waals surface area (Å²) in [6, 6.07) is 13.9. The molecule has 8 heteroatoms. The normalized spacial score (nSPS) is 10.8. The van der Waals surface area contributed by atoms with E-state index in [0.29, 0.717) is 21.6 Å². The molecule has 0 bridgehead atoms. The molecular formula is C20H17F3N2O3. The zero-order valence-electron chi connectivity index (χ0n) is 15.0. The van der Waals surface area contributed by atoms with Crippen molar-refractivity contribution in [1.29, 1.82) is 5.26 Å². The molecule has 0 aromatic heterocycles. The van der Waals surface area contributed by atoms with E-state index in [0.717, 1.165) is 0 Å². The monoisotopic (exact) mass is 390 g/mol. The van der Waals surface area contributed by atoms with Gasteiger partial charge in [0.25, 0.3) is 5.91 Å². The van der Waals surface area contributed by atoms with Crippen molar-refractivity contribution in [2.24, 2.45) is 0 Å². The van der Waals surface area contributed by atoms with E-state index in [4.69, 9.17) is 10.00 Å². The minimum absolute atomic E-state index is 0.198. The van der Waals surface area contributed by atoms with E-state index in [1.807, 2.05) is 6.07 Å². The van der Waals surface area contributed by atoms with Crippen LogP contribution in [0.3, 0.4) is 0 Å². The molecule has 0 unspecified atom stereocenters. The third-order valence-corrected chi connectivity index (χ3v) is 3.78. The van der Waals surface area contributed by atoms with Gasteiger partial charge in [-0.15, -0.1) is 0 Å². The van der Waals surface area contributed by atoms with Crippen LogP contribution in [0, 0.1) is 11.3 Å². The molecule has 1 amide bonds. The molecule has 0 radical (unpaired) electrons. The van der Waals surface area contributed by atoms with Crippen molar-refractivity contribution in [3.05, 3.63) is 65.2 Å². The highest BCUT2D eigenvalue weighted by Gasteiger charge is 2.33. The quantitative estimate of drug-likeness (QED) is 0.676. The van der Waals surface area contributed by atoms with E-state index in [1.165, 1.54) is 43.3 Å². The van der Waals surface area contributed by atoms with Gasteiger partial charge in [0.2, 0.25) is 0 Å². The Balaban J connectivity index is 2.09. The number of ketones is 1. The van der Waals surface area contributed by atoms with Crippen LogP contribution in [0.25, 0.3) is 0 Å². The Bertz CT molecular complexity index is 887. The van der Waals surface area contributed by atoms with Crippen molar-refractivity contribution in [2.45, 2.75) is 19.6 Å². The molecule has 0 saturated carbocycles. The number of rotatable bonds is 7. The number of halogens is 3. The highest BCUT2D eigenvalue weighted by atomic mass is 19.4. The first-order valence-electron chi connectivity index (χ1n) is 8.25. The summed E-state index contributed by atoms with van der Waals surface area (Å²) in [5.41, 5.74) is 1.19. The molecule has 0 aliphatic carbocycles. The topological polar surface area (TPSA) is 70.4 Å². The van der Waals surface area contributed by atoms with Crippen molar-refractivity contribution in [2.75, 3.05) is 13.2 Å². The summed E-state index contributed by atoms with van der Waals surface area (Å²) in [5, 5.41) is 8.78. The fraction of sp³-hybridized carbons (Fsp3) is 0.250. The molecule has 0 aliphatic rings. The number of nitrogens with zero attached hydrogens (tertiary/aromatic N) is 2. The molecule has 0 fully saturated rings. The number of carbonyl (C=O) groups is 2. The maximum Gasteiger partial charge on any atom is 0.406 e. The van der Waals surface area contributed by atoms with Crippen LogP contribution >= 0.6 is 0 Å². The van der Waals surface area contributed by atoms with Crippen LogP contribution in [-0.2, 0) is 11.3 Å². The molecule has 2 aromatic carbocycles. The molecule has 0 aliphatic heterocycles. The molecule has 2 rings (SSSR count). The Morgan fingerprint density at radius 1 is 1.14 bits per heavy atom. The minimum atomic E-state index is -4.57. The predicted octanol–water partition coefficient (Wildman–Crippen LogP) is 3.73. The molecule has 28 heavy (non-hydrogen) atoms. The number of amides is 1. The molecule has 5 nitrogen and oxygen atoms in total. The van der Waals surface area contributed by atoms with Crippen molar-refractivity contribution in [3.63, 3.8) is 0 Å². The van der Waals surface area contributed by atoms with E-state index in [1.54, 1.807) is 12.1 Å². The number of benzene rings is 2. The Labute approximate surface area is 159 Å². The van der Waals surface area contributed by atoms with Gasteiger partial charge in [0.05, 0.1) is 11.6 Å². The van der Waals surface area contributed by atoms with Crippen LogP contribution in [0.1, 0.15) is 28.4 Å². The van der Waals surface area contributed by atoms with Crippen molar-refractivity contribution in [1.82, 2.24) is 4.90 Å². The van der Waals surface area contributed by atoms with Gasteiger partial charge in [-0.05, 0) is 36.8 Å². The summed E-state index contributed by atoms with van der Waals surface area (Å²) in [5.74, 6) is -0.836. The molecule has 0 atom stereocenters. The summed E-state index contributed by atoms with van der Waals surface area (Å²) >= 11 is 0. The van der Waals surface area contributed by atoms with Crippen LogP contribution in [0.4, 0.5) is 13.2 Å². The van der Waals surface area contributed by atoms with Gasteiger partial charge in [-0.2, -0.15) is 18.4 Å². The average molecular weight is 390 g/mol. The molecule has 0 N–H and O–H groups in total. The zero-order valence-corrected chi connectivity index (χ0v) is 15.0. The summed E-state index contributed by atoms with van der Waals surface area (Å²) in [6.45, 7) is -0.940. The van der Waals surface area contributed by atoms with E-state index in [-0.39, 0.29) is 18.1 Å². The summed E-state index contributed by atoms with van der Waals surface area (Å²) in [6.07, 6.45) is -4.57. The van der Waals surface area contributed by atoms with Gasteiger partial charge in [-0.25, -0.2) is 0 Å². The lowest BCUT2D eigenvalue weighted by Crippen LogP contribution is -2.41. The third-order valence-electron chi connectivity index (χ3n) is 3.78. The molecule has 0 saturated heterocycles. The van der Waals surface area contributed by atoms with E-state index in [2.05, 4.69) is 0 Å². The highest BCUT2D eigenvalue weighted by molar-refractivity contribution is 5.94. The SMILES string of the molecule is CC(=O)c1cccc(OCC(=O)N(Cc2ccc(C#N)cc2)CC(F)(F)F)c1. The summed E-state index contributed by atoms with van der Waals surface area (Å²) < 4.78 is 43.9. The molecule has 2 aromatic rings. The number of ether oxygens (including phenoxy) is 1. The fourth-order valence-corrected chi connectivity index (χ4v) is 2.39. The van der Waals surface area contributed by atoms with Crippen LogP contribution in [0.2, 0.25) is 0 Å². The maximum absolute atomic E-state index is 12.9. The Kier molecular flexibility index (Phi) is 6.77. The Morgan fingerprint density at radius 3 is 2.39 bits per heavy atom. The van der Waals surface area contributed by atoms with Crippen LogP contribution in [0.15, 0.2) is 48.5 Å². The number of nitriles is 1. The highest BCUT2D eigenvalue weighted by Crippen LogP contribution is 2.19. The number of alkyl halides is 3. The number of Topliss-reactive ketones (excluding diaryl/α,β-unsaturated/α-hetero) is 1. The van der Waals surface area contributed by atoms with Gasteiger partial charge in [-0.3, -0.25) is 9.59 Å². The first-order chi connectivity index (χ1) is 13.2. The van der Waals surface area contributed by atoms with Crippen molar-refractivity contribution >= 4 is 11.7 Å². The Morgan fingerprint density at radius 2 is 1.82 bits per heavy atom. The molecule has 146 valence electrons. The standard InChI is InChI=1S/C20H17F3N2O3/c1-14(26)17-3-2-4-18(9-17)28-12-19(27)25(13-20(21,22)23)11-16-7-5-15(10-24)6-8-16/h2-9H,11-13H2,1H3. The predicted molar refractivity (Wildman–Crippen MR) is 94.6 cm³/mol. The average Bonchev–Trinajstić information content (AvgIpc) is 2.65. The van der Waals surface area contributed by atoms with Crippen molar-refractivity contribution < 1.29 is 27.5 Å². The third kappa shape index (κ3) is 6.43. The van der Waals surface area contributed by atoms with Gasteiger partial charge in [-0.1, -0.05) is 24.3 Å². The molecule has 0 spiro atoms. The number of hydrogen-bond donors (Lipinski definition) is 0. The van der Waals surface area contributed by atoms with Gasteiger partial charge in [0.15, 0.2) is 12.4 Å². The minimum Gasteiger partial charge on any atom is -0.484 e. The first-order valence-corrected chi connectivity index (χ1v) is 8.25. The maximum atomic E-state index is 12.9. The second-order valence-electron chi connectivity index (χ2n) is 6.05. The smallest absolute Gasteiger partial charge is 0.406 e. The fourth-order valence-electron chi connectivity index (χ4n) is 2.39. The number of hydrogen-bond acceptors (Lipinski definition) is 4. The first kappa shape index (κ1) is 21.0. The largest absolute Gasteiger partial charge is 0.484 e. The summed E-state index contributed by atoms with van der Waals surface area (Å²) in [4.78, 5) is 24.3. The van der Waals surface area contributed by atoms with E-state index >= 15 is 0 Å². The van der Waals surface area contributed by atoms with Crippen LogP contribution in [-0.4, -0.2) is 35.9 Å². The second kappa shape index (κ2) is 9.04. The van der Waals surface area contributed by atoms with Gasteiger partial charge < -0.3 is 9.64 Å². The summed E-state index contributed by atoms with van der Waals surface area (Å²) in [7, 11) is 0. The number of carbonyl (C=O) groups excluding carboxylic acids is 2. The lowest BCUT2D eigenvalue weighted by molar-refractivity contribution is -0.163. The van der Waals surface area contributed by atoms with E-state index < -0.39 is 25.2 Å². The Hall–Kier alpha value is -3.34. The lowest BCUT2D eigenvalue weighted by Gasteiger charge is -2.24. The van der Waals surface area contributed by atoms with Crippen molar-refractivity contribution in [3.8, 4) is 11.8 Å². The van der Waals surface area contributed by atoms with Crippen LogP contribution < -0.4 is 4.74 Å². The van der Waals surface area contributed by atoms with Gasteiger partial charge >= 0.3 is 6.18 Å². The lowest BCUT2D eigenvalue weighted by atomic mass is 10.1.